The van der Waals surface area contributed by atoms with Crippen molar-refractivity contribution in [2.24, 2.45) is 0 Å². The third-order valence-electron chi connectivity index (χ3n) is 1.13. The lowest BCUT2D eigenvalue weighted by atomic mass is 10.5. The Labute approximate surface area is 105 Å². The zero-order valence-electron chi connectivity index (χ0n) is 9.53. The lowest BCUT2D eigenvalue weighted by Gasteiger charge is -1.70. The van der Waals surface area contributed by atoms with Gasteiger partial charge >= 0.3 is 0 Å². The number of nitrogens with zero attached hydrogens (tertiary/aromatic N) is 2. The molecule has 96 valence electrons. The van der Waals surface area contributed by atoms with Crippen molar-refractivity contribution in [1.29, 1.82) is 0 Å². The second kappa shape index (κ2) is 19.8. The van der Waals surface area contributed by atoms with E-state index in [1.165, 1.54) is 0 Å². The highest BCUT2D eigenvalue weighted by Crippen LogP contribution is 1.74. The largest absolute Gasteiger partial charge is 0.483 e. The second-order valence-electron chi connectivity index (χ2n) is 2.26. The minimum absolute atomic E-state index is 0.250. The molecular weight excluding hydrogens is 236 g/mol. The Morgan fingerprint density at radius 2 is 0.833 bits per heavy atom. The maximum absolute atomic E-state index is 8.36. The summed E-state index contributed by atoms with van der Waals surface area (Å²) >= 11 is 0. The van der Waals surface area contributed by atoms with Gasteiger partial charge in [-0.3, -0.25) is 19.6 Å². The van der Waals surface area contributed by atoms with E-state index in [1.807, 2.05) is 36.4 Å². The molecule has 2 rings (SSSR count). The fourth-order valence-electron chi connectivity index (χ4n) is 0.625. The maximum atomic E-state index is 8.36. The molecule has 0 bridgehead atoms. The summed E-state index contributed by atoms with van der Waals surface area (Å²) in [6.45, 7) is -0.500. The van der Waals surface area contributed by atoms with E-state index in [4.69, 9.17) is 19.8 Å². The van der Waals surface area contributed by atoms with Gasteiger partial charge in [0.05, 0.1) is 0 Å². The molecule has 2 heterocycles. The molecule has 0 radical (unpaired) electrons. The molecule has 0 fully saturated rings. The lowest BCUT2D eigenvalue weighted by Crippen LogP contribution is -1.58. The van der Waals surface area contributed by atoms with Crippen LogP contribution in [0.4, 0.5) is 0 Å². The van der Waals surface area contributed by atoms with Gasteiger partial charge in [0.15, 0.2) is 0 Å². The van der Waals surface area contributed by atoms with Crippen molar-refractivity contribution in [2.75, 3.05) is 0 Å². The average Bonchev–Trinajstić information content (AvgIpc) is 2.45. The summed E-state index contributed by atoms with van der Waals surface area (Å²) < 4.78 is 0. The van der Waals surface area contributed by atoms with Crippen LogP contribution in [0, 0.1) is 0 Å². The fourth-order valence-corrected chi connectivity index (χ4v) is 0.625. The Morgan fingerprint density at radius 1 is 0.611 bits per heavy atom. The minimum atomic E-state index is -0.250. The Bertz CT molecular complexity index is 266. The third-order valence-corrected chi connectivity index (χ3v) is 1.13. The average molecular weight is 250 g/mol. The van der Waals surface area contributed by atoms with Crippen LogP contribution < -0.4 is 0 Å². The molecule has 2 N–H and O–H groups in total. The number of carboxylic acid groups (broad SMARTS) is 2. The fraction of sp³-hybridized carbons (Fsp3) is 0. The van der Waals surface area contributed by atoms with Crippen molar-refractivity contribution >= 4 is 12.9 Å². The first-order chi connectivity index (χ1) is 8.83. The van der Waals surface area contributed by atoms with Crippen molar-refractivity contribution in [2.45, 2.75) is 0 Å². The molecular formula is C12H14N2O4. The maximum Gasteiger partial charge on any atom is 0.290 e. The molecule has 0 atom stereocenters. The summed E-state index contributed by atoms with van der Waals surface area (Å²) in [6, 6.07) is 11.4. The molecule has 0 saturated carbocycles. The Balaban J connectivity index is 0. The highest BCUT2D eigenvalue weighted by molar-refractivity contribution is 5.33. The van der Waals surface area contributed by atoms with E-state index in [1.54, 1.807) is 24.8 Å². The van der Waals surface area contributed by atoms with Crippen molar-refractivity contribution < 1.29 is 19.8 Å². The SMILES string of the molecule is O=CO.O=CO.c1ccncc1.c1ccncc1. The van der Waals surface area contributed by atoms with Gasteiger partial charge in [0.2, 0.25) is 0 Å². The highest BCUT2D eigenvalue weighted by Gasteiger charge is 1.59. The van der Waals surface area contributed by atoms with Gasteiger partial charge in [0, 0.05) is 24.8 Å². The van der Waals surface area contributed by atoms with Crippen LogP contribution in [0.15, 0.2) is 61.2 Å². The van der Waals surface area contributed by atoms with E-state index < -0.39 is 0 Å². The first kappa shape index (κ1) is 17.6. The standard InChI is InChI=1S/2C5H5N.2CH2O2/c2*1-2-4-6-5-3-1;2*2-1-3/h2*1-5H;2*1H,(H,2,3). The third kappa shape index (κ3) is 23.2. The summed E-state index contributed by atoms with van der Waals surface area (Å²) in [6.07, 6.45) is 7.00. The van der Waals surface area contributed by atoms with Crippen LogP contribution in [-0.2, 0) is 9.59 Å². The molecule has 0 saturated heterocycles. The van der Waals surface area contributed by atoms with Crippen molar-refractivity contribution in [3.8, 4) is 0 Å². The van der Waals surface area contributed by atoms with Crippen LogP contribution in [-0.4, -0.2) is 33.1 Å². The van der Waals surface area contributed by atoms with Gasteiger partial charge in [-0.1, -0.05) is 12.1 Å². The summed E-state index contributed by atoms with van der Waals surface area (Å²) in [7, 11) is 0. The van der Waals surface area contributed by atoms with Crippen molar-refractivity contribution in [1.82, 2.24) is 9.97 Å². The van der Waals surface area contributed by atoms with Crippen LogP contribution in [0.5, 0.6) is 0 Å². The normalized spacial score (nSPS) is 6.67. The zero-order valence-corrected chi connectivity index (χ0v) is 9.53. The summed E-state index contributed by atoms with van der Waals surface area (Å²) in [5, 5.41) is 13.8. The molecule has 18 heavy (non-hydrogen) atoms. The molecule has 2 aromatic rings. The second-order valence-corrected chi connectivity index (χ2v) is 2.26. The summed E-state index contributed by atoms with van der Waals surface area (Å²) in [5.74, 6) is 0. The van der Waals surface area contributed by atoms with Gasteiger partial charge in [-0.15, -0.1) is 0 Å². The first-order valence-corrected chi connectivity index (χ1v) is 4.69. The van der Waals surface area contributed by atoms with E-state index in [9.17, 15) is 0 Å². The smallest absolute Gasteiger partial charge is 0.290 e. The van der Waals surface area contributed by atoms with Crippen molar-refractivity contribution in [3.05, 3.63) is 61.2 Å². The quantitative estimate of drug-likeness (QED) is 0.688. The molecule has 0 aromatic carbocycles. The molecule has 2 aromatic heterocycles. The van der Waals surface area contributed by atoms with Crippen LogP contribution in [0.25, 0.3) is 0 Å². The summed E-state index contributed by atoms with van der Waals surface area (Å²) in [4.78, 5) is 24.3. The van der Waals surface area contributed by atoms with E-state index >= 15 is 0 Å². The molecule has 0 amide bonds. The van der Waals surface area contributed by atoms with Gasteiger partial charge in [-0.05, 0) is 24.3 Å². The lowest BCUT2D eigenvalue weighted by molar-refractivity contribution is -0.123. The van der Waals surface area contributed by atoms with Gasteiger partial charge in [-0.25, -0.2) is 0 Å². The van der Waals surface area contributed by atoms with Crippen molar-refractivity contribution in [3.63, 3.8) is 0 Å². The van der Waals surface area contributed by atoms with Crippen LogP contribution in [0.2, 0.25) is 0 Å². The Kier molecular flexibility index (Phi) is 19.4. The Hall–Kier alpha value is -2.76. The monoisotopic (exact) mass is 250 g/mol. The number of rotatable bonds is 0. The first-order valence-electron chi connectivity index (χ1n) is 4.69. The predicted octanol–water partition coefficient (Wildman–Crippen LogP) is 1.56. The Morgan fingerprint density at radius 3 is 0.889 bits per heavy atom. The highest BCUT2D eigenvalue weighted by atomic mass is 16.3. The summed E-state index contributed by atoms with van der Waals surface area (Å²) in [5.41, 5.74) is 0. The van der Waals surface area contributed by atoms with Gasteiger partial charge in [0.1, 0.15) is 0 Å². The van der Waals surface area contributed by atoms with E-state index in [-0.39, 0.29) is 12.9 Å². The number of hydrogen-bond acceptors (Lipinski definition) is 4. The van der Waals surface area contributed by atoms with E-state index in [0.717, 1.165) is 0 Å². The number of aromatic nitrogens is 2. The molecule has 6 nitrogen and oxygen atoms in total. The minimum Gasteiger partial charge on any atom is -0.483 e. The molecule has 0 unspecified atom stereocenters. The molecule has 0 spiro atoms. The topological polar surface area (TPSA) is 100 Å². The van der Waals surface area contributed by atoms with Crippen LogP contribution in [0.1, 0.15) is 0 Å². The molecule has 0 aliphatic rings. The number of pyridine rings is 2. The van der Waals surface area contributed by atoms with Gasteiger partial charge in [-0.2, -0.15) is 0 Å². The molecule has 0 aliphatic heterocycles. The van der Waals surface area contributed by atoms with Crippen LogP contribution in [0.3, 0.4) is 0 Å². The number of hydrogen-bond donors (Lipinski definition) is 2. The molecule has 6 heteroatoms. The van der Waals surface area contributed by atoms with E-state index in [2.05, 4.69) is 9.97 Å². The number of carbonyl (C=O) groups is 2. The van der Waals surface area contributed by atoms with E-state index in [0.29, 0.717) is 0 Å². The van der Waals surface area contributed by atoms with Gasteiger partial charge < -0.3 is 10.2 Å². The predicted molar refractivity (Wildman–Crippen MR) is 65.9 cm³/mol. The zero-order chi connectivity index (χ0) is 13.9. The van der Waals surface area contributed by atoms with Crippen LogP contribution >= 0.6 is 0 Å². The molecule has 0 aliphatic carbocycles. The van der Waals surface area contributed by atoms with Gasteiger partial charge in [0.25, 0.3) is 12.9 Å².